The summed E-state index contributed by atoms with van der Waals surface area (Å²) in [5.74, 6) is -0.265. The maximum Gasteiger partial charge on any atom is 0.272 e. The Labute approximate surface area is 126 Å². The highest BCUT2D eigenvalue weighted by atomic mass is 16.5. The first kappa shape index (κ1) is 14.1. The Morgan fingerprint density at radius 1 is 1.41 bits per heavy atom. The summed E-state index contributed by atoms with van der Waals surface area (Å²) < 4.78 is 6.56. The van der Waals surface area contributed by atoms with E-state index in [2.05, 4.69) is 25.8 Å². The van der Waals surface area contributed by atoms with Crippen LogP contribution in [0.4, 0.5) is 0 Å². The van der Waals surface area contributed by atoms with E-state index in [1.807, 2.05) is 24.6 Å². The SMILES string of the molecule is Cc1cc(C)n(Cc2cc(C(=O)NCc3ccon3)n[nH]2)n1. The maximum atomic E-state index is 12.0. The van der Waals surface area contributed by atoms with Gasteiger partial charge in [-0.2, -0.15) is 10.2 Å². The molecule has 3 heterocycles. The van der Waals surface area contributed by atoms with Gasteiger partial charge in [0.2, 0.25) is 0 Å². The topological polar surface area (TPSA) is 102 Å². The molecule has 114 valence electrons. The molecule has 22 heavy (non-hydrogen) atoms. The van der Waals surface area contributed by atoms with Crippen molar-refractivity contribution in [3.8, 4) is 0 Å². The van der Waals surface area contributed by atoms with Gasteiger partial charge in [0.1, 0.15) is 17.7 Å². The average Bonchev–Trinajstić information content (AvgIpc) is 3.20. The zero-order valence-electron chi connectivity index (χ0n) is 12.3. The number of amides is 1. The predicted octanol–water partition coefficient (Wildman–Crippen LogP) is 1.19. The molecule has 8 heteroatoms. The van der Waals surface area contributed by atoms with Crippen LogP contribution in [0.15, 0.2) is 29.0 Å². The normalized spacial score (nSPS) is 10.8. The molecule has 2 N–H and O–H groups in total. The Kier molecular flexibility index (Phi) is 3.73. The molecule has 0 aliphatic carbocycles. The van der Waals surface area contributed by atoms with Gasteiger partial charge in [-0.3, -0.25) is 14.6 Å². The lowest BCUT2D eigenvalue weighted by Crippen LogP contribution is -2.23. The van der Waals surface area contributed by atoms with Crippen LogP contribution in [0.5, 0.6) is 0 Å². The fourth-order valence-electron chi connectivity index (χ4n) is 2.15. The third-order valence-electron chi connectivity index (χ3n) is 3.21. The van der Waals surface area contributed by atoms with E-state index in [1.54, 1.807) is 12.1 Å². The van der Waals surface area contributed by atoms with Gasteiger partial charge in [-0.15, -0.1) is 0 Å². The number of carbonyl (C=O) groups is 1. The summed E-state index contributed by atoms with van der Waals surface area (Å²) in [5, 5.41) is 17.7. The molecule has 3 aromatic rings. The first-order valence-corrected chi connectivity index (χ1v) is 6.84. The zero-order chi connectivity index (χ0) is 15.5. The summed E-state index contributed by atoms with van der Waals surface area (Å²) >= 11 is 0. The van der Waals surface area contributed by atoms with Crippen LogP contribution in [0, 0.1) is 13.8 Å². The molecule has 0 fully saturated rings. The average molecular weight is 300 g/mol. The predicted molar refractivity (Wildman–Crippen MR) is 77.1 cm³/mol. The van der Waals surface area contributed by atoms with Crippen molar-refractivity contribution in [3.63, 3.8) is 0 Å². The molecule has 0 saturated heterocycles. The number of H-pyrrole nitrogens is 1. The van der Waals surface area contributed by atoms with E-state index in [0.29, 0.717) is 24.5 Å². The number of rotatable bonds is 5. The Morgan fingerprint density at radius 2 is 2.27 bits per heavy atom. The Morgan fingerprint density at radius 3 is 2.95 bits per heavy atom. The molecule has 0 aliphatic heterocycles. The molecule has 3 aromatic heterocycles. The zero-order valence-corrected chi connectivity index (χ0v) is 12.3. The van der Waals surface area contributed by atoms with E-state index in [1.165, 1.54) is 6.26 Å². The Balaban J connectivity index is 1.63. The number of hydrogen-bond donors (Lipinski definition) is 2. The third kappa shape index (κ3) is 3.05. The van der Waals surface area contributed by atoms with Crippen molar-refractivity contribution in [1.82, 2.24) is 30.5 Å². The van der Waals surface area contributed by atoms with E-state index in [-0.39, 0.29) is 5.91 Å². The van der Waals surface area contributed by atoms with Crippen molar-refractivity contribution in [2.75, 3.05) is 0 Å². The van der Waals surface area contributed by atoms with Crippen molar-refractivity contribution < 1.29 is 9.32 Å². The lowest BCUT2D eigenvalue weighted by atomic mass is 10.3. The number of carbonyl (C=O) groups excluding carboxylic acids is 1. The highest BCUT2D eigenvalue weighted by Crippen LogP contribution is 2.07. The molecule has 0 spiro atoms. The molecule has 0 bridgehead atoms. The molecule has 8 nitrogen and oxygen atoms in total. The molecule has 0 aromatic carbocycles. The second-order valence-electron chi connectivity index (χ2n) is 5.04. The lowest BCUT2D eigenvalue weighted by Gasteiger charge is -2.01. The fourth-order valence-corrected chi connectivity index (χ4v) is 2.15. The van der Waals surface area contributed by atoms with Crippen molar-refractivity contribution in [1.29, 1.82) is 0 Å². The van der Waals surface area contributed by atoms with Crippen LogP contribution >= 0.6 is 0 Å². The van der Waals surface area contributed by atoms with Gasteiger partial charge in [-0.25, -0.2) is 0 Å². The summed E-state index contributed by atoms with van der Waals surface area (Å²) in [5.41, 5.74) is 3.83. The highest BCUT2D eigenvalue weighted by Gasteiger charge is 2.12. The van der Waals surface area contributed by atoms with Crippen molar-refractivity contribution in [2.45, 2.75) is 26.9 Å². The number of aromatic nitrogens is 5. The summed E-state index contributed by atoms with van der Waals surface area (Å²) in [6.07, 6.45) is 1.46. The summed E-state index contributed by atoms with van der Waals surface area (Å²) in [7, 11) is 0. The second kappa shape index (κ2) is 5.84. The Hall–Kier alpha value is -2.90. The molecule has 3 rings (SSSR count). The van der Waals surface area contributed by atoms with Gasteiger partial charge in [0, 0.05) is 11.8 Å². The van der Waals surface area contributed by atoms with E-state index < -0.39 is 0 Å². The summed E-state index contributed by atoms with van der Waals surface area (Å²) in [6, 6.07) is 5.41. The van der Waals surface area contributed by atoms with E-state index in [4.69, 9.17) is 4.52 Å². The summed E-state index contributed by atoms with van der Waals surface area (Å²) in [6.45, 7) is 4.78. The van der Waals surface area contributed by atoms with Crippen molar-refractivity contribution in [2.24, 2.45) is 0 Å². The van der Waals surface area contributed by atoms with Gasteiger partial charge in [0.15, 0.2) is 0 Å². The van der Waals surface area contributed by atoms with Gasteiger partial charge >= 0.3 is 0 Å². The molecule has 1 amide bonds. The van der Waals surface area contributed by atoms with Crippen LogP contribution in [0.2, 0.25) is 0 Å². The molecule has 0 atom stereocenters. The van der Waals surface area contributed by atoms with E-state index >= 15 is 0 Å². The number of nitrogens with zero attached hydrogens (tertiary/aromatic N) is 4. The van der Waals surface area contributed by atoms with Crippen LogP contribution in [-0.4, -0.2) is 31.0 Å². The van der Waals surface area contributed by atoms with Crippen LogP contribution < -0.4 is 5.32 Å². The lowest BCUT2D eigenvalue weighted by molar-refractivity contribution is 0.0945. The molecule has 0 saturated carbocycles. The minimum Gasteiger partial charge on any atom is -0.364 e. The van der Waals surface area contributed by atoms with Gasteiger partial charge in [0.25, 0.3) is 5.91 Å². The second-order valence-corrected chi connectivity index (χ2v) is 5.04. The summed E-state index contributed by atoms with van der Waals surface area (Å²) in [4.78, 5) is 12.0. The minimum atomic E-state index is -0.265. The number of aryl methyl sites for hydroxylation is 2. The van der Waals surface area contributed by atoms with Crippen LogP contribution in [-0.2, 0) is 13.1 Å². The Bertz CT molecular complexity index is 771. The first-order valence-electron chi connectivity index (χ1n) is 6.84. The molecular weight excluding hydrogens is 284 g/mol. The van der Waals surface area contributed by atoms with Gasteiger partial charge in [-0.1, -0.05) is 5.16 Å². The largest absolute Gasteiger partial charge is 0.364 e. The van der Waals surface area contributed by atoms with E-state index in [9.17, 15) is 4.79 Å². The standard InChI is InChI=1S/C14H16N6O2/c1-9-5-10(2)20(18-9)8-12-6-13(17-16-12)14(21)15-7-11-3-4-22-19-11/h3-6H,7-8H2,1-2H3,(H,15,21)(H,16,17). The van der Waals surface area contributed by atoms with Crippen molar-refractivity contribution >= 4 is 5.91 Å². The number of aromatic amines is 1. The van der Waals surface area contributed by atoms with Crippen LogP contribution in [0.25, 0.3) is 0 Å². The van der Waals surface area contributed by atoms with E-state index in [0.717, 1.165) is 17.1 Å². The fraction of sp³-hybridized carbons (Fsp3) is 0.286. The number of nitrogens with one attached hydrogen (secondary N) is 2. The molecule has 0 radical (unpaired) electrons. The maximum absolute atomic E-state index is 12.0. The molecular formula is C14H16N6O2. The van der Waals surface area contributed by atoms with Crippen LogP contribution in [0.1, 0.15) is 33.3 Å². The first-order chi connectivity index (χ1) is 10.6. The van der Waals surface area contributed by atoms with Crippen molar-refractivity contribution in [3.05, 3.63) is 52.9 Å². The smallest absolute Gasteiger partial charge is 0.272 e. The number of hydrogen-bond acceptors (Lipinski definition) is 5. The highest BCUT2D eigenvalue weighted by molar-refractivity contribution is 5.92. The van der Waals surface area contributed by atoms with Crippen LogP contribution in [0.3, 0.4) is 0 Å². The minimum absolute atomic E-state index is 0.265. The monoisotopic (exact) mass is 300 g/mol. The van der Waals surface area contributed by atoms with Gasteiger partial charge < -0.3 is 9.84 Å². The van der Waals surface area contributed by atoms with Gasteiger partial charge in [0.05, 0.1) is 24.5 Å². The van der Waals surface area contributed by atoms with Gasteiger partial charge in [-0.05, 0) is 26.0 Å². The molecule has 0 aliphatic rings. The molecule has 0 unspecified atom stereocenters. The third-order valence-corrected chi connectivity index (χ3v) is 3.21. The quantitative estimate of drug-likeness (QED) is 0.737.